The third-order valence-corrected chi connectivity index (χ3v) is 2.06. The number of hydrogen-bond donors (Lipinski definition) is 1. The van der Waals surface area contributed by atoms with Gasteiger partial charge in [-0.05, 0) is 12.3 Å². The maximum Gasteiger partial charge on any atom is 0.0572 e. The topological polar surface area (TPSA) is 21.3 Å². The smallest absolute Gasteiger partial charge is 0.0572 e. The molecule has 2 nitrogen and oxygen atoms in total. The standard InChI is InChI=1S/C9H21NO/c1-4-6-7-9(5-2)8-10-11-3/h9-10H,4-8H2,1-3H3. The van der Waals surface area contributed by atoms with Crippen LogP contribution in [0, 0.1) is 5.92 Å². The summed E-state index contributed by atoms with van der Waals surface area (Å²) in [6.07, 6.45) is 5.20. The summed E-state index contributed by atoms with van der Waals surface area (Å²) in [7, 11) is 1.67. The minimum absolute atomic E-state index is 0.787. The molecule has 0 aliphatic carbocycles. The van der Waals surface area contributed by atoms with Gasteiger partial charge in [0.1, 0.15) is 0 Å². The molecule has 0 radical (unpaired) electrons. The van der Waals surface area contributed by atoms with Crippen LogP contribution >= 0.6 is 0 Å². The minimum atomic E-state index is 0.787. The van der Waals surface area contributed by atoms with E-state index in [0.717, 1.165) is 12.5 Å². The SMILES string of the molecule is CCCCC(CC)CNOC. The average Bonchev–Trinajstić information content (AvgIpc) is 2.05. The van der Waals surface area contributed by atoms with Crippen molar-refractivity contribution in [2.75, 3.05) is 13.7 Å². The fraction of sp³-hybridized carbons (Fsp3) is 1.00. The van der Waals surface area contributed by atoms with E-state index in [-0.39, 0.29) is 0 Å². The van der Waals surface area contributed by atoms with E-state index in [4.69, 9.17) is 4.84 Å². The summed E-state index contributed by atoms with van der Waals surface area (Å²) in [5.74, 6) is 0.787. The lowest BCUT2D eigenvalue weighted by atomic mass is 10.00. The molecular formula is C9H21NO. The number of unbranched alkanes of at least 4 members (excludes halogenated alkanes) is 1. The highest BCUT2D eigenvalue weighted by Gasteiger charge is 2.03. The molecule has 0 aliphatic heterocycles. The van der Waals surface area contributed by atoms with Gasteiger partial charge in [0.15, 0.2) is 0 Å². The van der Waals surface area contributed by atoms with Crippen LogP contribution < -0.4 is 5.48 Å². The van der Waals surface area contributed by atoms with E-state index in [2.05, 4.69) is 19.3 Å². The van der Waals surface area contributed by atoms with Crippen LogP contribution in [0.2, 0.25) is 0 Å². The van der Waals surface area contributed by atoms with Gasteiger partial charge in [-0.25, -0.2) is 5.48 Å². The third-order valence-electron chi connectivity index (χ3n) is 2.06. The van der Waals surface area contributed by atoms with E-state index in [1.54, 1.807) is 7.11 Å². The summed E-state index contributed by atoms with van der Waals surface area (Å²) in [4.78, 5) is 4.80. The summed E-state index contributed by atoms with van der Waals surface area (Å²) >= 11 is 0. The second-order valence-electron chi connectivity index (χ2n) is 2.97. The molecule has 0 saturated carbocycles. The van der Waals surface area contributed by atoms with E-state index in [0.29, 0.717) is 0 Å². The quantitative estimate of drug-likeness (QED) is 0.576. The van der Waals surface area contributed by atoms with Crippen LogP contribution in [-0.2, 0) is 4.84 Å². The van der Waals surface area contributed by atoms with Crippen molar-refractivity contribution in [3.63, 3.8) is 0 Å². The molecule has 1 unspecified atom stereocenters. The van der Waals surface area contributed by atoms with Crippen molar-refractivity contribution < 1.29 is 4.84 Å². The van der Waals surface area contributed by atoms with E-state index >= 15 is 0 Å². The van der Waals surface area contributed by atoms with E-state index in [1.165, 1.54) is 25.7 Å². The van der Waals surface area contributed by atoms with Gasteiger partial charge in [0.05, 0.1) is 7.11 Å². The Balaban J connectivity index is 3.25. The molecule has 1 N–H and O–H groups in total. The van der Waals surface area contributed by atoms with Crippen LogP contribution in [-0.4, -0.2) is 13.7 Å². The lowest BCUT2D eigenvalue weighted by Crippen LogP contribution is -2.21. The first-order valence-electron chi connectivity index (χ1n) is 4.60. The lowest BCUT2D eigenvalue weighted by molar-refractivity contribution is 0.0777. The molecule has 0 bridgehead atoms. The van der Waals surface area contributed by atoms with Crippen LogP contribution in [0.4, 0.5) is 0 Å². The number of hydrogen-bond acceptors (Lipinski definition) is 2. The van der Waals surface area contributed by atoms with Gasteiger partial charge < -0.3 is 4.84 Å². The van der Waals surface area contributed by atoms with Gasteiger partial charge in [-0.15, -0.1) is 0 Å². The minimum Gasteiger partial charge on any atom is -0.305 e. The largest absolute Gasteiger partial charge is 0.305 e. The summed E-state index contributed by atoms with van der Waals surface area (Å²) < 4.78 is 0. The molecular weight excluding hydrogens is 138 g/mol. The molecule has 11 heavy (non-hydrogen) atoms. The van der Waals surface area contributed by atoms with E-state index in [9.17, 15) is 0 Å². The maximum atomic E-state index is 4.80. The predicted octanol–water partition coefficient (Wildman–Crippen LogP) is 2.35. The first-order valence-corrected chi connectivity index (χ1v) is 4.60. The summed E-state index contributed by atoms with van der Waals surface area (Å²) in [5.41, 5.74) is 2.91. The van der Waals surface area contributed by atoms with Crippen molar-refractivity contribution in [3.05, 3.63) is 0 Å². The summed E-state index contributed by atoms with van der Waals surface area (Å²) in [5, 5.41) is 0. The summed E-state index contributed by atoms with van der Waals surface area (Å²) in [6, 6.07) is 0. The molecule has 0 aromatic rings. The molecule has 68 valence electrons. The molecule has 0 rings (SSSR count). The normalized spacial score (nSPS) is 13.4. The Hall–Kier alpha value is -0.0800. The highest BCUT2D eigenvalue weighted by atomic mass is 16.6. The number of nitrogens with one attached hydrogen (secondary N) is 1. The van der Waals surface area contributed by atoms with Crippen LogP contribution in [0.3, 0.4) is 0 Å². The Bertz CT molecular complexity index is 68.0. The third kappa shape index (κ3) is 6.32. The first-order chi connectivity index (χ1) is 5.35. The molecule has 0 heterocycles. The molecule has 0 saturated heterocycles. The van der Waals surface area contributed by atoms with Crippen molar-refractivity contribution in [1.29, 1.82) is 0 Å². The van der Waals surface area contributed by atoms with Crippen molar-refractivity contribution >= 4 is 0 Å². The maximum absolute atomic E-state index is 4.80. The summed E-state index contributed by atoms with van der Waals surface area (Å²) in [6.45, 7) is 5.46. The Kier molecular flexibility index (Phi) is 7.96. The second kappa shape index (κ2) is 8.02. The second-order valence-corrected chi connectivity index (χ2v) is 2.97. The molecule has 0 amide bonds. The zero-order chi connectivity index (χ0) is 8.53. The van der Waals surface area contributed by atoms with E-state index in [1.807, 2.05) is 0 Å². The highest BCUT2D eigenvalue weighted by molar-refractivity contribution is 4.57. The zero-order valence-corrected chi connectivity index (χ0v) is 8.02. The first kappa shape index (κ1) is 10.9. The van der Waals surface area contributed by atoms with Gasteiger partial charge in [0, 0.05) is 6.54 Å². The van der Waals surface area contributed by atoms with Gasteiger partial charge in [-0.3, -0.25) is 0 Å². The number of rotatable bonds is 7. The molecule has 0 aliphatic rings. The van der Waals surface area contributed by atoms with Crippen molar-refractivity contribution in [2.24, 2.45) is 5.92 Å². The van der Waals surface area contributed by atoms with Crippen molar-refractivity contribution in [2.45, 2.75) is 39.5 Å². The molecule has 1 atom stereocenters. The highest BCUT2D eigenvalue weighted by Crippen LogP contribution is 2.10. The lowest BCUT2D eigenvalue weighted by Gasteiger charge is -2.13. The predicted molar refractivity (Wildman–Crippen MR) is 48.3 cm³/mol. The van der Waals surface area contributed by atoms with Crippen LogP contribution in [0.1, 0.15) is 39.5 Å². The monoisotopic (exact) mass is 159 g/mol. The molecule has 0 spiro atoms. The molecule has 2 heteroatoms. The zero-order valence-electron chi connectivity index (χ0n) is 8.02. The van der Waals surface area contributed by atoms with Gasteiger partial charge in [0.25, 0.3) is 0 Å². The fourth-order valence-corrected chi connectivity index (χ4v) is 1.14. The van der Waals surface area contributed by atoms with Crippen LogP contribution in [0.15, 0.2) is 0 Å². The number of hydroxylamine groups is 1. The van der Waals surface area contributed by atoms with Gasteiger partial charge in [-0.2, -0.15) is 0 Å². The Morgan fingerprint density at radius 3 is 2.55 bits per heavy atom. The van der Waals surface area contributed by atoms with Gasteiger partial charge in [-0.1, -0.05) is 33.1 Å². The average molecular weight is 159 g/mol. The Morgan fingerprint density at radius 1 is 1.36 bits per heavy atom. The van der Waals surface area contributed by atoms with Crippen LogP contribution in [0.25, 0.3) is 0 Å². The Labute approximate surface area is 70.3 Å². The Morgan fingerprint density at radius 2 is 2.09 bits per heavy atom. The van der Waals surface area contributed by atoms with Crippen molar-refractivity contribution in [1.82, 2.24) is 5.48 Å². The van der Waals surface area contributed by atoms with Crippen molar-refractivity contribution in [3.8, 4) is 0 Å². The van der Waals surface area contributed by atoms with E-state index < -0.39 is 0 Å². The van der Waals surface area contributed by atoms with Gasteiger partial charge in [0.2, 0.25) is 0 Å². The fourth-order valence-electron chi connectivity index (χ4n) is 1.14. The molecule has 0 aromatic heterocycles. The van der Waals surface area contributed by atoms with Crippen LogP contribution in [0.5, 0.6) is 0 Å². The van der Waals surface area contributed by atoms with Gasteiger partial charge >= 0.3 is 0 Å². The molecule has 0 fully saturated rings. The molecule has 0 aromatic carbocycles.